The zero-order valence-electron chi connectivity index (χ0n) is 9.44. The van der Waals surface area contributed by atoms with Gasteiger partial charge in [-0.2, -0.15) is 0 Å². The minimum Gasteiger partial charge on any atom is -0.371 e. The maximum Gasteiger partial charge on any atom is 0.0426 e. The molecule has 1 aromatic rings. The molecule has 1 aromatic carbocycles. The molecule has 0 spiro atoms. The predicted molar refractivity (Wildman–Crippen MR) is 82.8 cm³/mol. The van der Waals surface area contributed by atoms with E-state index >= 15 is 0 Å². The second kappa shape index (κ2) is 3.75. The van der Waals surface area contributed by atoms with Crippen molar-refractivity contribution >= 4 is 50.9 Å². The molecule has 1 heterocycles. The van der Waals surface area contributed by atoms with Crippen LogP contribution < -0.4 is 4.90 Å². The Hall–Kier alpha value is 0.480. The van der Waals surface area contributed by atoms with Gasteiger partial charge in [-0.25, -0.2) is 0 Å². The summed E-state index contributed by atoms with van der Waals surface area (Å²) in [4.78, 5) is 2.40. The molecule has 0 amide bonds. The van der Waals surface area contributed by atoms with E-state index in [1.165, 1.54) is 18.4 Å². The van der Waals surface area contributed by atoms with Crippen LogP contribution in [0.2, 0.25) is 0 Å². The Labute approximate surface area is 119 Å². The Kier molecular flexibility index (Phi) is 2.99. The van der Waals surface area contributed by atoms with E-state index in [2.05, 4.69) is 90.0 Å². The maximum absolute atomic E-state index is 2.47. The molecule has 1 nitrogen and oxygen atoms in total. The van der Waals surface area contributed by atoms with Crippen LogP contribution in [0.1, 0.15) is 26.3 Å². The van der Waals surface area contributed by atoms with Gasteiger partial charge in [0.1, 0.15) is 0 Å². The lowest BCUT2D eigenvalue weighted by Gasteiger charge is -2.28. The van der Waals surface area contributed by atoms with Crippen molar-refractivity contribution in [2.75, 3.05) is 11.9 Å². The Morgan fingerprint density at radius 1 is 1.27 bits per heavy atom. The fourth-order valence-electron chi connectivity index (χ4n) is 2.38. The zero-order valence-corrected chi connectivity index (χ0v) is 13.8. The van der Waals surface area contributed by atoms with E-state index in [0.29, 0.717) is 6.04 Å². The summed E-state index contributed by atoms with van der Waals surface area (Å²) >= 11 is 4.86. The summed E-state index contributed by atoms with van der Waals surface area (Å²) in [5.41, 5.74) is 3.17. The Morgan fingerprint density at radius 3 is 2.47 bits per heavy atom. The summed E-state index contributed by atoms with van der Waals surface area (Å²) in [5, 5.41) is 0. The van der Waals surface area contributed by atoms with Crippen molar-refractivity contribution in [3.63, 3.8) is 0 Å². The third-order valence-electron chi connectivity index (χ3n) is 3.68. The predicted octanol–water partition coefficient (Wildman–Crippen LogP) is 4.01. The number of hydrogen-bond acceptors (Lipinski definition) is 1. The lowest BCUT2D eigenvalue weighted by atomic mass is 9.81. The van der Waals surface area contributed by atoms with Gasteiger partial charge in [0.25, 0.3) is 0 Å². The van der Waals surface area contributed by atoms with Crippen molar-refractivity contribution in [2.24, 2.45) is 0 Å². The largest absolute Gasteiger partial charge is 0.371 e. The molecule has 1 aliphatic rings. The summed E-state index contributed by atoms with van der Waals surface area (Å²) in [6, 6.07) is 5.14. The van der Waals surface area contributed by atoms with E-state index in [9.17, 15) is 0 Å². The summed E-state index contributed by atoms with van der Waals surface area (Å²) in [6.07, 6.45) is 0. The van der Waals surface area contributed by atoms with Crippen LogP contribution in [0.15, 0.2) is 12.1 Å². The van der Waals surface area contributed by atoms with E-state index in [-0.39, 0.29) is 5.41 Å². The fourth-order valence-corrected chi connectivity index (χ4v) is 4.89. The minimum atomic E-state index is 0.255. The highest BCUT2D eigenvalue weighted by atomic mass is 127. The molecular weight excluding hydrogens is 412 g/mol. The summed E-state index contributed by atoms with van der Waals surface area (Å²) in [6.45, 7) is 6.99. The molecule has 2 rings (SSSR count). The number of anilines is 1. The van der Waals surface area contributed by atoms with Gasteiger partial charge in [-0.15, -0.1) is 0 Å². The Bertz CT molecular complexity index is 412. The van der Waals surface area contributed by atoms with Gasteiger partial charge in [-0.05, 0) is 69.8 Å². The molecule has 0 saturated heterocycles. The molecule has 0 N–H and O–H groups in total. The second-order valence-electron chi connectivity index (χ2n) is 4.79. The van der Waals surface area contributed by atoms with Crippen LogP contribution in [-0.2, 0) is 5.41 Å². The average Bonchev–Trinajstić information content (AvgIpc) is 2.27. The molecule has 0 aromatic heterocycles. The van der Waals surface area contributed by atoms with Gasteiger partial charge in [0.2, 0.25) is 0 Å². The molecular formula is C12H15I2N. The van der Waals surface area contributed by atoms with E-state index < -0.39 is 0 Å². The topological polar surface area (TPSA) is 3.24 Å². The number of benzene rings is 1. The van der Waals surface area contributed by atoms with Crippen LogP contribution in [0.3, 0.4) is 0 Å². The summed E-state index contributed by atoms with van der Waals surface area (Å²) in [7, 11) is 2.20. The summed E-state index contributed by atoms with van der Waals surface area (Å²) < 4.78 is 2.73. The third-order valence-corrected chi connectivity index (χ3v) is 5.16. The van der Waals surface area contributed by atoms with Gasteiger partial charge >= 0.3 is 0 Å². The van der Waals surface area contributed by atoms with Crippen molar-refractivity contribution in [3.8, 4) is 0 Å². The van der Waals surface area contributed by atoms with Crippen LogP contribution in [0.5, 0.6) is 0 Å². The average molecular weight is 427 g/mol. The number of halogens is 2. The minimum absolute atomic E-state index is 0.255. The van der Waals surface area contributed by atoms with Gasteiger partial charge in [0, 0.05) is 31.3 Å². The molecule has 0 bridgehead atoms. The first-order chi connectivity index (χ1) is 6.85. The van der Waals surface area contributed by atoms with Gasteiger partial charge in [-0.3, -0.25) is 0 Å². The number of likely N-dealkylation sites (N-methyl/N-ethyl adjacent to an activating group) is 1. The van der Waals surface area contributed by atoms with Crippen LogP contribution in [0.25, 0.3) is 0 Å². The number of nitrogens with zero attached hydrogens (tertiary/aromatic N) is 1. The highest BCUT2D eigenvalue weighted by molar-refractivity contribution is 14.1. The van der Waals surface area contributed by atoms with Gasteiger partial charge in [-0.1, -0.05) is 13.8 Å². The number of rotatable bonds is 0. The number of hydrogen-bond donors (Lipinski definition) is 0. The lowest BCUT2D eigenvalue weighted by Crippen LogP contribution is -2.36. The van der Waals surface area contributed by atoms with Crippen molar-refractivity contribution in [2.45, 2.75) is 32.2 Å². The first-order valence-electron chi connectivity index (χ1n) is 5.08. The molecule has 3 heteroatoms. The molecule has 1 aliphatic heterocycles. The van der Waals surface area contributed by atoms with Crippen molar-refractivity contribution in [1.82, 2.24) is 0 Å². The van der Waals surface area contributed by atoms with Gasteiger partial charge in [0.05, 0.1) is 0 Å². The summed E-state index contributed by atoms with van der Waals surface area (Å²) in [5.74, 6) is 0. The second-order valence-corrected chi connectivity index (χ2v) is 7.20. The molecule has 0 radical (unpaired) electrons. The highest BCUT2D eigenvalue weighted by Crippen LogP contribution is 2.46. The zero-order chi connectivity index (χ0) is 11.4. The molecule has 82 valence electrons. The normalized spacial score (nSPS) is 23.1. The maximum atomic E-state index is 2.47. The van der Waals surface area contributed by atoms with E-state index in [1.807, 2.05) is 0 Å². The van der Waals surface area contributed by atoms with Crippen molar-refractivity contribution in [3.05, 3.63) is 24.8 Å². The molecule has 15 heavy (non-hydrogen) atoms. The third kappa shape index (κ3) is 1.69. The molecule has 0 saturated carbocycles. The SMILES string of the molecule is CC1N(C)c2cc(I)cc(I)c2C1(C)C. The monoisotopic (exact) mass is 427 g/mol. The van der Waals surface area contributed by atoms with Crippen LogP contribution in [-0.4, -0.2) is 13.1 Å². The highest BCUT2D eigenvalue weighted by Gasteiger charge is 2.41. The molecule has 0 fully saturated rings. The fraction of sp³-hybridized carbons (Fsp3) is 0.500. The smallest absolute Gasteiger partial charge is 0.0426 e. The van der Waals surface area contributed by atoms with Crippen LogP contribution in [0, 0.1) is 7.14 Å². The quantitative estimate of drug-likeness (QED) is 0.566. The Balaban J connectivity index is 2.72. The standard InChI is InChI=1S/C12H15I2N/c1-7-12(2,3)11-9(14)5-8(13)6-10(11)15(7)4/h5-7H,1-4H3. The first-order valence-corrected chi connectivity index (χ1v) is 7.24. The van der Waals surface area contributed by atoms with E-state index in [1.54, 1.807) is 0 Å². The molecule has 0 aliphatic carbocycles. The van der Waals surface area contributed by atoms with E-state index in [0.717, 1.165) is 0 Å². The van der Waals surface area contributed by atoms with Gasteiger partial charge < -0.3 is 4.90 Å². The molecule has 1 atom stereocenters. The van der Waals surface area contributed by atoms with Gasteiger partial charge in [0.15, 0.2) is 0 Å². The lowest BCUT2D eigenvalue weighted by molar-refractivity contribution is 0.453. The number of fused-ring (bicyclic) bond motifs is 1. The van der Waals surface area contributed by atoms with Crippen molar-refractivity contribution < 1.29 is 0 Å². The first kappa shape index (κ1) is 12.0. The van der Waals surface area contributed by atoms with Crippen molar-refractivity contribution in [1.29, 1.82) is 0 Å². The van der Waals surface area contributed by atoms with Crippen LogP contribution in [0.4, 0.5) is 5.69 Å². The van der Waals surface area contributed by atoms with Crippen LogP contribution >= 0.6 is 45.2 Å². The molecule has 1 unspecified atom stereocenters. The van der Waals surface area contributed by atoms with E-state index in [4.69, 9.17) is 0 Å². The Morgan fingerprint density at radius 2 is 1.87 bits per heavy atom.